The lowest BCUT2D eigenvalue weighted by molar-refractivity contribution is 0.356. The van der Waals surface area contributed by atoms with Crippen LogP contribution in [0.4, 0.5) is 0 Å². The maximum atomic E-state index is 5.39. The summed E-state index contributed by atoms with van der Waals surface area (Å²) in [7, 11) is 3.22. The highest BCUT2D eigenvalue weighted by Crippen LogP contribution is 2.33. The molecule has 0 aliphatic heterocycles. The van der Waals surface area contributed by atoms with Crippen LogP contribution in [-0.2, 0) is 0 Å². The minimum absolute atomic E-state index is 0.639. The van der Waals surface area contributed by atoms with E-state index in [0.717, 1.165) is 27.9 Å². The Kier molecular flexibility index (Phi) is 3.30. The van der Waals surface area contributed by atoms with Gasteiger partial charge in [0.15, 0.2) is 23.0 Å². The molecule has 2 heterocycles. The third-order valence-electron chi connectivity index (χ3n) is 4.06. The number of rotatable bonds is 3. The Morgan fingerprint density at radius 2 is 1.62 bits per heavy atom. The Morgan fingerprint density at radius 1 is 0.917 bits per heavy atom. The molecule has 2 aromatic carbocycles. The molecule has 4 rings (SSSR count). The third-order valence-corrected chi connectivity index (χ3v) is 4.06. The van der Waals surface area contributed by atoms with Gasteiger partial charge in [-0.1, -0.05) is 29.8 Å². The predicted molar refractivity (Wildman–Crippen MR) is 91.6 cm³/mol. The minimum Gasteiger partial charge on any atom is -0.493 e. The van der Waals surface area contributed by atoms with Crippen molar-refractivity contribution in [1.82, 2.24) is 19.6 Å². The summed E-state index contributed by atoms with van der Waals surface area (Å²) >= 11 is 0. The van der Waals surface area contributed by atoms with Gasteiger partial charge in [0.1, 0.15) is 6.33 Å². The van der Waals surface area contributed by atoms with Crippen molar-refractivity contribution in [2.24, 2.45) is 0 Å². The summed E-state index contributed by atoms with van der Waals surface area (Å²) in [6, 6.07) is 11.9. The number of hydrogen-bond donors (Lipinski definition) is 0. The number of fused-ring (bicyclic) bond motifs is 3. The summed E-state index contributed by atoms with van der Waals surface area (Å²) < 4.78 is 12.6. The Bertz CT molecular complexity index is 1040. The van der Waals surface area contributed by atoms with Crippen LogP contribution < -0.4 is 9.47 Å². The molecular formula is C18H16N4O2. The van der Waals surface area contributed by atoms with E-state index in [1.54, 1.807) is 20.5 Å². The van der Waals surface area contributed by atoms with Crippen molar-refractivity contribution in [3.63, 3.8) is 0 Å². The van der Waals surface area contributed by atoms with Gasteiger partial charge in [-0.2, -0.15) is 0 Å². The second-order valence-electron chi connectivity index (χ2n) is 5.55. The van der Waals surface area contributed by atoms with Gasteiger partial charge in [0.2, 0.25) is 0 Å². The number of nitrogens with zero attached hydrogens (tertiary/aromatic N) is 4. The molecule has 120 valence electrons. The van der Waals surface area contributed by atoms with Gasteiger partial charge < -0.3 is 9.47 Å². The van der Waals surface area contributed by atoms with Gasteiger partial charge >= 0.3 is 0 Å². The van der Waals surface area contributed by atoms with Crippen LogP contribution in [0.15, 0.2) is 42.7 Å². The van der Waals surface area contributed by atoms with E-state index in [2.05, 4.69) is 34.2 Å². The molecule has 0 atom stereocenters. The van der Waals surface area contributed by atoms with Crippen LogP contribution in [-0.4, -0.2) is 33.8 Å². The fourth-order valence-electron chi connectivity index (χ4n) is 2.76. The summed E-state index contributed by atoms with van der Waals surface area (Å²) in [4.78, 5) is 4.52. The summed E-state index contributed by atoms with van der Waals surface area (Å²) in [5.74, 6) is 2.04. The van der Waals surface area contributed by atoms with E-state index in [1.807, 2.05) is 28.7 Å². The molecule has 0 unspecified atom stereocenters. The first-order chi connectivity index (χ1) is 11.7. The van der Waals surface area contributed by atoms with Crippen molar-refractivity contribution in [2.75, 3.05) is 14.2 Å². The van der Waals surface area contributed by atoms with Crippen LogP contribution in [0, 0.1) is 6.92 Å². The zero-order valence-electron chi connectivity index (χ0n) is 13.6. The first-order valence-corrected chi connectivity index (χ1v) is 7.54. The Balaban J connectivity index is 1.98. The van der Waals surface area contributed by atoms with Crippen molar-refractivity contribution in [2.45, 2.75) is 6.92 Å². The third kappa shape index (κ3) is 2.15. The highest BCUT2D eigenvalue weighted by atomic mass is 16.5. The quantitative estimate of drug-likeness (QED) is 0.580. The van der Waals surface area contributed by atoms with E-state index < -0.39 is 0 Å². The summed E-state index contributed by atoms with van der Waals surface area (Å²) in [6.45, 7) is 2.06. The smallest absolute Gasteiger partial charge is 0.171 e. The normalized spacial score (nSPS) is 11.1. The molecule has 6 nitrogen and oxygen atoms in total. The molecule has 0 fully saturated rings. The lowest BCUT2D eigenvalue weighted by Gasteiger charge is -2.09. The predicted octanol–water partition coefficient (Wildman–Crippen LogP) is 3.27. The molecule has 0 aliphatic carbocycles. The fourth-order valence-corrected chi connectivity index (χ4v) is 2.76. The Morgan fingerprint density at radius 3 is 2.33 bits per heavy atom. The van der Waals surface area contributed by atoms with Crippen molar-refractivity contribution < 1.29 is 9.47 Å². The second kappa shape index (κ2) is 5.49. The lowest BCUT2D eigenvalue weighted by Crippen LogP contribution is -1.95. The lowest BCUT2D eigenvalue weighted by atomic mass is 10.1. The molecular weight excluding hydrogens is 304 g/mol. The summed E-state index contributed by atoms with van der Waals surface area (Å²) in [5, 5.41) is 9.56. The van der Waals surface area contributed by atoms with Gasteiger partial charge in [-0.25, -0.2) is 4.98 Å². The molecule has 0 bridgehead atoms. The van der Waals surface area contributed by atoms with Gasteiger partial charge in [-0.3, -0.25) is 4.40 Å². The number of benzene rings is 2. The van der Waals surface area contributed by atoms with E-state index in [9.17, 15) is 0 Å². The molecule has 4 aromatic rings. The molecule has 0 aliphatic rings. The average Bonchev–Trinajstić information content (AvgIpc) is 3.05. The van der Waals surface area contributed by atoms with Crippen molar-refractivity contribution >= 4 is 16.6 Å². The van der Waals surface area contributed by atoms with E-state index in [-0.39, 0.29) is 0 Å². The molecule has 0 saturated heterocycles. The maximum absolute atomic E-state index is 5.39. The maximum Gasteiger partial charge on any atom is 0.171 e. The zero-order valence-corrected chi connectivity index (χ0v) is 13.6. The number of methoxy groups -OCH3 is 2. The summed E-state index contributed by atoms with van der Waals surface area (Å²) in [5.41, 5.74) is 3.71. The van der Waals surface area contributed by atoms with E-state index in [0.29, 0.717) is 11.5 Å². The molecule has 0 saturated carbocycles. The highest BCUT2D eigenvalue weighted by molar-refractivity contribution is 5.94. The molecule has 0 spiro atoms. The van der Waals surface area contributed by atoms with Gasteiger partial charge in [-0.05, 0) is 13.0 Å². The van der Waals surface area contributed by atoms with Crippen LogP contribution in [0.2, 0.25) is 0 Å². The van der Waals surface area contributed by atoms with Crippen LogP contribution in [0.1, 0.15) is 5.56 Å². The number of hydrogen-bond acceptors (Lipinski definition) is 5. The topological polar surface area (TPSA) is 61.5 Å². The average molecular weight is 320 g/mol. The first kappa shape index (κ1) is 14.4. The van der Waals surface area contributed by atoms with Gasteiger partial charge in [0, 0.05) is 17.0 Å². The van der Waals surface area contributed by atoms with Crippen molar-refractivity contribution in [3.05, 3.63) is 48.3 Å². The highest BCUT2D eigenvalue weighted by Gasteiger charge is 2.14. The van der Waals surface area contributed by atoms with Crippen molar-refractivity contribution in [1.29, 1.82) is 0 Å². The van der Waals surface area contributed by atoms with Gasteiger partial charge in [0.05, 0.1) is 19.7 Å². The number of aryl methyl sites for hydroxylation is 1. The standard InChI is InChI=1S/C18H16N4O2/c1-11-4-6-12(7-5-11)17-20-21-18-13-8-15(23-2)16(24-3)9-14(13)19-10-22(17)18/h4-10H,1-3H3. The molecule has 6 heteroatoms. The first-order valence-electron chi connectivity index (χ1n) is 7.54. The van der Waals surface area contributed by atoms with Crippen LogP contribution >= 0.6 is 0 Å². The van der Waals surface area contributed by atoms with Crippen LogP contribution in [0.25, 0.3) is 27.9 Å². The SMILES string of the molecule is COc1cc2ncn3c(-c4ccc(C)cc4)nnc3c2cc1OC. The van der Waals surface area contributed by atoms with E-state index in [4.69, 9.17) is 9.47 Å². The molecule has 24 heavy (non-hydrogen) atoms. The van der Waals surface area contributed by atoms with Crippen LogP contribution in [0.5, 0.6) is 11.5 Å². The number of aromatic nitrogens is 4. The van der Waals surface area contributed by atoms with Crippen LogP contribution in [0.3, 0.4) is 0 Å². The Hall–Kier alpha value is -3.15. The van der Waals surface area contributed by atoms with E-state index >= 15 is 0 Å². The molecule has 0 N–H and O–H groups in total. The van der Waals surface area contributed by atoms with E-state index in [1.165, 1.54) is 5.56 Å². The number of ether oxygens (including phenoxy) is 2. The Labute approximate surface area is 138 Å². The second-order valence-corrected chi connectivity index (χ2v) is 5.55. The fraction of sp³-hybridized carbons (Fsp3) is 0.167. The minimum atomic E-state index is 0.639. The van der Waals surface area contributed by atoms with Crippen molar-refractivity contribution in [3.8, 4) is 22.9 Å². The van der Waals surface area contributed by atoms with Gasteiger partial charge in [-0.15, -0.1) is 10.2 Å². The molecule has 0 radical (unpaired) electrons. The zero-order chi connectivity index (χ0) is 16.7. The van der Waals surface area contributed by atoms with Gasteiger partial charge in [0.25, 0.3) is 0 Å². The largest absolute Gasteiger partial charge is 0.493 e. The summed E-state index contributed by atoms with van der Waals surface area (Å²) in [6.07, 6.45) is 1.73. The molecule has 0 amide bonds. The molecule has 2 aromatic heterocycles. The monoisotopic (exact) mass is 320 g/mol.